The van der Waals surface area contributed by atoms with E-state index in [0.29, 0.717) is 23.8 Å². The molecule has 3 amide bonds. The van der Waals surface area contributed by atoms with Crippen molar-refractivity contribution in [3.05, 3.63) is 29.3 Å². The van der Waals surface area contributed by atoms with E-state index in [1.54, 1.807) is 43.1 Å². The molecular weight excluding hydrogens is 266 g/mol. The Labute approximate surface area is 117 Å². The Kier molecular flexibility index (Phi) is 3.95. The van der Waals surface area contributed by atoms with Crippen LogP contribution in [0.15, 0.2) is 24.3 Å². The second kappa shape index (κ2) is 5.48. The first-order valence-corrected chi connectivity index (χ1v) is 6.45. The van der Waals surface area contributed by atoms with E-state index in [0.717, 1.165) is 0 Å². The molecule has 19 heavy (non-hydrogen) atoms. The molecule has 1 saturated heterocycles. The first-order valence-electron chi connectivity index (χ1n) is 6.07. The number of hydrogen-bond acceptors (Lipinski definition) is 2. The Bertz CT molecular complexity index is 506. The highest BCUT2D eigenvalue weighted by molar-refractivity contribution is 6.30. The molecule has 1 aliphatic rings. The Morgan fingerprint density at radius 2 is 2.16 bits per heavy atom. The van der Waals surface area contributed by atoms with Crippen molar-refractivity contribution in [2.75, 3.05) is 25.5 Å². The van der Waals surface area contributed by atoms with E-state index in [-0.39, 0.29) is 11.9 Å². The van der Waals surface area contributed by atoms with Gasteiger partial charge in [-0.15, -0.1) is 0 Å². The van der Waals surface area contributed by atoms with E-state index in [1.807, 2.05) is 0 Å². The van der Waals surface area contributed by atoms with Crippen LogP contribution in [0.2, 0.25) is 5.02 Å². The molecule has 1 aliphatic heterocycles. The van der Waals surface area contributed by atoms with E-state index in [2.05, 4.69) is 5.32 Å². The minimum Gasteiger partial charge on any atom is -0.342 e. The molecule has 1 atom stereocenters. The zero-order valence-electron chi connectivity index (χ0n) is 10.9. The fourth-order valence-corrected chi connectivity index (χ4v) is 2.24. The third-order valence-corrected chi connectivity index (χ3v) is 3.45. The number of urea groups is 1. The molecule has 1 aromatic rings. The maximum atomic E-state index is 12.1. The number of amides is 3. The second-order valence-corrected chi connectivity index (χ2v) is 5.01. The van der Waals surface area contributed by atoms with Crippen molar-refractivity contribution in [3.63, 3.8) is 0 Å². The summed E-state index contributed by atoms with van der Waals surface area (Å²) in [4.78, 5) is 27.1. The number of nitrogens with one attached hydrogen (secondary N) is 1. The average molecular weight is 282 g/mol. The molecule has 102 valence electrons. The minimum atomic E-state index is -0.446. The molecule has 1 N–H and O–H groups in total. The van der Waals surface area contributed by atoms with Gasteiger partial charge in [-0.05, 0) is 25.1 Å². The molecule has 0 radical (unpaired) electrons. The Morgan fingerprint density at radius 1 is 1.42 bits per heavy atom. The topological polar surface area (TPSA) is 52.7 Å². The van der Waals surface area contributed by atoms with Gasteiger partial charge in [0.05, 0.1) is 0 Å². The van der Waals surface area contributed by atoms with Crippen LogP contribution in [-0.2, 0) is 4.79 Å². The lowest BCUT2D eigenvalue weighted by Crippen LogP contribution is -2.57. The molecule has 5 nitrogen and oxygen atoms in total. The highest BCUT2D eigenvalue weighted by Gasteiger charge is 2.32. The Morgan fingerprint density at radius 3 is 2.84 bits per heavy atom. The van der Waals surface area contributed by atoms with Gasteiger partial charge in [0.25, 0.3) is 0 Å². The zero-order valence-corrected chi connectivity index (χ0v) is 11.6. The van der Waals surface area contributed by atoms with Crippen molar-refractivity contribution in [1.82, 2.24) is 9.80 Å². The smallest absolute Gasteiger partial charge is 0.322 e. The van der Waals surface area contributed by atoms with E-state index in [9.17, 15) is 9.59 Å². The van der Waals surface area contributed by atoms with Crippen LogP contribution in [0.25, 0.3) is 0 Å². The van der Waals surface area contributed by atoms with Gasteiger partial charge in [0.15, 0.2) is 0 Å². The zero-order chi connectivity index (χ0) is 14.0. The van der Waals surface area contributed by atoms with Gasteiger partial charge in [-0.3, -0.25) is 4.79 Å². The lowest BCUT2D eigenvalue weighted by atomic mass is 10.2. The van der Waals surface area contributed by atoms with E-state index >= 15 is 0 Å². The lowest BCUT2D eigenvalue weighted by molar-refractivity contribution is -0.137. The van der Waals surface area contributed by atoms with Crippen LogP contribution < -0.4 is 5.32 Å². The van der Waals surface area contributed by atoms with Crippen LogP contribution in [0.5, 0.6) is 0 Å². The maximum absolute atomic E-state index is 12.1. The molecule has 2 rings (SSSR count). The number of piperazine rings is 1. The van der Waals surface area contributed by atoms with Crippen LogP contribution in [0.1, 0.15) is 6.92 Å². The number of halogens is 1. The standard InChI is InChI=1S/C13H16ClN3O2/c1-9-12(18)16(2)6-7-17(9)13(19)15-11-5-3-4-10(14)8-11/h3-5,8-9H,6-7H2,1-2H3,(H,15,19). The van der Waals surface area contributed by atoms with Crippen LogP contribution in [0.4, 0.5) is 10.5 Å². The van der Waals surface area contributed by atoms with Crippen LogP contribution in [-0.4, -0.2) is 47.9 Å². The molecule has 6 heteroatoms. The van der Waals surface area contributed by atoms with Gasteiger partial charge in [0, 0.05) is 30.8 Å². The first kappa shape index (κ1) is 13.7. The molecule has 0 saturated carbocycles. The predicted molar refractivity (Wildman–Crippen MR) is 74.3 cm³/mol. The minimum absolute atomic E-state index is 0.0486. The number of nitrogens with zero attached hydrogens (tertiary/aromatic N) is 2. The first-order chi connectivity index (χ1) is 8.99. The highest BCUT2D eigenvalue weighted by Crippen LogP contribution is 2.17. The maximum Gasteiger partial charge on any atom is 0.322 e. The summed E-state index contributed by atoms with van der Waals surface area (Å²) in [6.45, 7) is 2.80. The van der Waals surface area contributed by atoms with Crippen molar-refractivity contribution in [2.24, 2.45) is 0 Å². The summed E-state index contributed by atoms with van der Waals surface area (Å²) < 4.78 is 0. The number of hydrogen-bond donors (Lipinski definition) is 1. The Balaban J connectivity index is 2.06. The predicted octanol–water partition coefficient (Wildman–Crippen LogP) is 2.03. The average Bonchev–Trinajstić information content (AvgIpc) is 2.36. The van der Waals surface area contributed by atoms with E-state index < -0.39 is 6.04 Å². The van der Waals surface area contributed by atoms with Crippen LogP contribution in [0.3, 0.4) is 0 Å². The lowest BCUT2D eigenvalue weighted by Gasteiger charge is -2.37. The van der Waals surface area contributed by atoms with Crippen molar-refractivity contribution in [3.8, 4) is 0 Å². The fraction of sp³-hybridized carbons (Fsp3) is 0.385. The van der Waals surface area contributed by atoms with Gasteiger partial charge in [-0.25, -0.2) is 4.79 Å². The number of rotatable bonds is 1. The summed E-state index contributed by atoms with van der Waals surface area (Å²) in [5, 5.41) is 3.31. The quantitative estimate of drug-likeness (QED) is 0.856. The molecular formula is C13H16ClN3O2. The summed E-state index contributed by atoms with van der Waals surface area (Å²) in [5.74, 6) is -0.0486. The number of likely N-dealkylation sites (N-methyl/N-ethyl adjacent to an activating group) is 1. The summed E-state index contributed by atoms with van der Waals surface area (Å²) in [5.41, 5.74) is 0.621. The van der Waals surface area contributed by atoms with Crippen LogP contribution >= 0.6 is 11.6 Å². The van der Waals surface area contributed by atoms with E-state index in [1.165, 1.54) is 4.90 Å². The number of carbonyl (C=O) groups is 2. The third kappa shape index (κ3) is 2.98. The number of anilines is 1. The molecule has 1 unspecified atom stereocenters. The Hall–Kier alpha value is -1.75. The number of carbonyl (C=O) groups excluding carboxylic acids is 2. The van der Waals surface area contributed by atoms with Crippen molar-refractivity contribution in [1.29, 1.82) is 0 Å². The van der Waals surface area contributed by atoms with Gasteiger partial charge in [-0.1, -0.05) is 17.7 Å². The molecule has 1 aromatic carbocycles. The van der Waals surface area contributed by atoms with Gasteiger partial charge in [0.2, 0.25) is 5.91 Å². The van der Waals surface area contributed by atoms with Crippen molar-refractivity contribution < 1.29 is 9.59 Å². The fourth-order valence-electron chi connectivity index (χ4n) is 2.05. The molecule has 0 aromatic heterocycles. The molecule has 0 bridgehead atoms. The van der Waals surface area contributed by atoms with E-state index in [4.69, 9.17) is 11.6 Å². The summed E-state index contributed by atoms with van der Waals surface area (Å²) >= 11 is 5.86. The van der Waals surface area contributed by atoms with Gasteiger partial charge >= 0.3 is 6.03 Å². The summed E-state index contributed by atoms with van der Waals surface area (Å²) in [6, 6.07) is 6.19. The third-order valence-electron chi connectivity index (χ3n) is 3.21. The second-order valence-electron chi connectivity index (χ2n) is 4.57. The van der Waals surface area contributed by atoms with Crippen molar-refractivity contribution >= 4 is 29.2 Å². The number of benzene rings is 1. The van der Waals surface area contributed by atoms with Gasteiger partial charge in [-0.2, -0.15) is 0 Å². The normalized spacial score (nSPS) is 19.5. The van der Waals surface area contributed by atoms with Crippen LogP contribution in [0, 0.1) is 0 Å². The molecule has 0 aliphatic carbocycles. The monoisotopic (exact) mass is 281 g/mol. The van der Waals surface area contributed by atoms with Crippen molar-refractivity contribution in [2.45, 2.75) is 13.0 Å². The SMILES string of the molecule is CC1C(=O)N(C)CCN1C(=O)Nc1cccc(Cl)c1. The highest BCUT2D eigenvalue weighted by atomic mass is 35.5. The molecule has 1 fully saturated rings. The summed E-state index contributed by atoms with van der Waals surface area (Å²) in [7, 11) is 1.74. The van der Waals surface area contributed by atoms with Gasteiger partial charge < -0.3 is 15.1 Å². The summed E-state index contributed by atoms with van der Waals surface area (Å²) in [6.07, 6.45) is 0. The molecule has 0 spiro atoms. The molecule has 1 heterocycles. The van der Waals surface area contributed by atoms with Gasteiger partial charge in [0.1, 0.15) is 6.04 Å². The largest absolute Gasteiger partial charge is 0.342 e.